The standard InChI is InChI=1S/C14H18N6/c1-3-20-8-15-13(16-9-20)19-14-17-10(2)11-6-4-5-7-12(11)18-14/h4-7H,3,8-9H2,1-2H3,(H2,15,16,17,18,19). The maximum atomic E-state index is 4.51. The smallest absolute Gasteiger partial charge is 0.230 e. The van der Waals surface area contributed by atoms with Crippen molar-refractivity contribution in [3.8, 4) is 0 Å². The van der Waals surface area contributed by atoms with Gasteiger partial charge in [-0.25, -0.2) is 15.0 Å². The molecule has 2 heterocycles. The lowest BCUT2D eigenvalue weighted by atomic mass is 10.2. The number of hydrogen-bond acceptors (Lipinski definition) is 6. The number of fused-ring (bicyclic) bond motifs is 1. The normalized spacial score (nSPS) is 15.8. The van der Waals surface area contributed by atoms with Crippen LogP contribution in [-0.2, 0) is 0 Å². The zero-order valence-electron chi connectivity index (χ0n) is 11.7. The third kappa shape index (κ3) is 2.55. The van der Waals surface area contributed by atoms with Crippen molar-refractivity contribution in [2.75, 3.05) is 25.2 Å². The second kappa shape index (κ2) is 5.42. The van der Waals surface area contributed by atoms with E-state index in [1.165, 1.54) is 0 Å². The zero-order valence-corrected chi connectivity index (χ0v) is 11.7. The van der Waals surface area contributed by atoms with E-state index in [1.54, 1.807) is 0 Å². The number of nitrogens with zero attached hydrogens (tertiary/aromatic N) is 4. The molecule has 1 aliphatic rings. The Morgan fingerprint density at radius 2 is 2.15 bits per heavy atom. The molecule has 0 unspecified atom stereocenters. The zero-order chi connectivity index (χ0) is 13.9. The van der Waals surface area contributed by atoms with Gasteiger partial charge in [-0.05, 0) is 19.5 Å². The average Bonchev–Trinajstić information content (AvgIpc) is 2.48. The molecule has 2 aromatic rings. The minimum absolute atomic E-state index is 0.581. The van der Waals surface area contributed by atoms with Crippen LogP contribution >= 0.6 is 0 Å². The lowest BCUT2D eigenvalue weighted by Gasteiger charge is -2.25. The van der Waals surface area contributed by atoms with Crippen molar-refractivity contribution in [2.24, 2.45) is 4.99 Å². The number of nitrogens with one attached hydrogen (secondary N) is 2. The molecule has 0 atom stereocenters. The van der Waals surface area contributed by atoms with Crippen molar-refractivity contribution in [1.82, 2.24) is 20.2 Å². The molecule has 20 heavy (non-hydrogen) atoms. The Labute approximate surface area is 117 Å². The highest BCUT2D eigenvalue weighted by atomic mass is 15.4. The minimum atomic E-state index is 0.581. The minimum Gasteiger partial charge on any atom is -0.343 e. The summed E-state index contributed by atoms with van der Waals surface area (Å²) in [6.45, 7) is 6.57. The maximum absolute atomic E-state index is 4.51. The maximum Gasteiger partial charge on any atom is 0.230 e. The highest BCUT2D eigenvalue weighted by molar-refractivity contribution is 5.93. The molecule has 6 heteroatoms. The number of aromatic nitrogens is 2. The second-order valence-electron chi connectivity index (χ2n) is 4.74. The van der Waals surface area contributed by atoms with Gasteiger partial charge in [0, 0.05) is 5.39 Å². The van der Waals surface area contributed by atoms with Gasteiger partial charge in [0.25, 0.3) is 0 Å². The topological polar surface area (TPSA) is 65.4 Å². The fourth-order valence-electron chi connectivity index (χ4n) is 2.16. The predicted octanol–water partition coefficient (Wildman–Crippen LogP) is 1.55. The summed E-state index contributed by atoms with van der Waals surface area (Å²) < 4.78 is 0. The van der Waals surface area contributed by atoms with Crippen LogP contribution in [0.15, 0.2) is 29.3 Å². The largest absolute Gasteiger partial charge is 0.343 e. The summed E-state index contributed by atoms with van der Waals surface area (Å²) in [7, 11) is 0. The van der Waals surface area contributed by atoms with Crippen molar-refractivity contribution < 1.29 is 0 Å². The van der Waals surface area contributed by atoms with Gasteiger partial charge < -0.3 is 5.32 Å². The number of benzene rings is 1. The van der Waals surface area contributed by atoms with E-state index >= 15 is 0 Å². The number of aliphatic imine (C=N–C) groups is 1. The number of anilines is 1. The molecule has 0 saturated heterocycles. The molecule has 0 spiro atoms. The van der Waals surface area contributed by atoms with Crippen LogP contribution in [0.25, 0.3) is 10.9 Å². The molecule has 0 radical (unpaired) electrons. The summed E-state index contributed by atoms with van der Waals surface area (Å²) in [5.74, 6) is 1.31. The van der Waals surface area contributed by atoms with Gasteiger partial charge in [0.2, 0.25) is 11.9 Å². The quantitative estimate of drug-likeness (QED) is 0.866. The second-order valence-corrected chi connectivity index (χ2v) is 4.74. The van der Waals surface area contributed by atoms with E-state index in [1.807, 2.05) is 31.2 Å². The van der Waals surface area contributed by atoms with Gasteiger partial charge in [-0.1, -0.05) is 25.1 Å². The van der Waals surface area contributed by atoms with Gasteiger partial charge >= 0.3 is 0 Å². The molecule has 1 aliphatic heterocycles. The van der Waals surface area contributed by atoms with Crippen molar-refractivity contribution in [3.63, 3.8) is 0 Å². The van der Waals surface area contributed by atoms with E-state index in [2.05, 4.69) is 37.4 Å². The van der Waals surface area contributed by atoms with E-state index in [9.17, 15) is 0 Å². The third-order valence-electron chi connectivity index (χ3n) is 3.37. The monoisotopic (exact) mass is 270 g/mol. The predicted molar refractivity (Wildman–Crippen MR) is 80.6 cm³/mol. The first-order chi connectivity index (χ1) is 9.76. The van der Waals surface area contributed by atoms with Crippen LogP contribution in [0.2, 0.25) is 0 Å². The molecule has 0 bridgehead atoms. The average molecular weight is 270 g/mol. The van der Waals surface area contributed by atoms with Crippen LogP contribution in [0, 0.1) is 6.92 Å². The summed E-state index contributed by atoms with van der Waals surface area (Å²) in [5, 5.41) is 7.45. The van der Waals surface area contributed by atoms with Crippen molar-refractivity contribution in [1.29, 1.82) is 0 Å². The Balaban J connectivity index is 1.83. The number of hydrogen-bond donors (Lipinski definition) is 2. The van der Waals surface area contributed by atoms with E-state index in [4.69, 9.17) is 0 Å². The molecule has 0 fully saturated rings. The van der Waals surface area contributed by atoms with Gasteiger partial charge in [0.05, 0.1) is 24.5 Å². The summed E-state index contributed by atoms with van der Waals surface area (Å²) in [6.07, 6.45) is 0. The Hall–Kier alpha value is -2.21. The lowest BCUT2D eigenvalue weighted by molar-refractivity contribution is 0.279. The van der Waals surface area contributed by atoms with Gasteiger partial charge in [-0.2, -0.15) is 0 Å². The molecule has 0 amide bonds. The van der Waals surface area contributed by atoms with Crippen LogP contribution in [0.5, 0.6) is 0 Å². The van der Waals surface area contributed by atoms with Gasteiger partial charge in [-0.3, -0.25) is 10.2 Å². The lowest BCUT2D eigenvalue weighted by Crippen LogP contribution is -2.45. The first-order valence-electron chi connectivity index (χ1n) is 6.77. The van der Waals surface area contributed by atoms with Crippen molar-refractivity contribution in [2.45, 2.75) is 13.8 Å². The van der Waals surface area contributed by atoms with Crippen LogP contribution in [0.1, 0.15) is 12.6 Å². The number of rotatable bonds is 2. The summed E-state index contributed by atoms with van der Waals surface area (Å²) in [5.41, 5.74) is 1.90. The number of aryl methyl sites for hydroxylation is 1. The van der Waals surface area contributed by atoms with E-state index in [-0.39, 0.29) is 0 Å². The first kappa shape index (κ1) is 12.8. The SMILES string of the molecule is CCN1CN=C(Nc2nc(C)c3ccccc3n2)NC1. The van der Waals surface area contributed by atoms with Crippen molar-refractivity contribution >= 4 is 22.8 Å². The van der Waals surface area contributed by atoms with Gasteiger partial charge in [0.15, 0.2) is 0 Å². The number of guanidine groups is 1. The fraction of sp³-hybridized carbons (Fsp3) is 0.357. The van der Waals surface area contributed by atoms with Crippen molar-refractivity contribution in [3.05, 3.63) is 30.0 Å². The molecular weight excluding hydrogens is 252 g/mol. The fourth-order valence-corrected chi connectivity index (χ4v) is 2.16. The third-order valence-corrected chi connectivity index (χ3v) is 3.37. The van der Waals surface area contributed by atoms with Crippen LogP contribution in [0.4, 0.5) is 5.95 Å². The molecule has 3 rings (SSSR count). The molecule has 104 valence electrons. The summed E-state index contributed by atoms with van der Waals surface area (Å²) in [4.78, 5) is 15.6. The Morgan fingerprint density at radius 1 is 1.30 bits per heavy atom. The Morgan fingerprint density at radius 3 is 2.90 bits per heavy atom. The molecule has 0 aliphatic carbocycles. The van der Waals surface area contributed by atoms with Gasteiger partial charge in [0.1, 0.15) is 0 Å². The van der Waals surface area contributed by atoms with Gasteiger partial charge in [-0.15, -0.1) is 0 Å². The van der Waals surface area contributed by atoms with Crippen LogP contribution < -0.4 is 10.6 Å². The molecule has 1 aromatic heterocycles. The highest BCUT2D eigenvalue weighted by Gasteiger charge is 2.11. The number of para-hydroxylation sites is 1. The highest BCUT2D eigenvalue weighted by Crippen LogP contribution is 2.16. The molecule has 2 N–H and O–H groups in total. The van der Waals surface area contributed by atoms with E-state index < -0.39 is 0 Å². The Kier molecular flexibility index (Phi) is 3.47. The van der Waals surface area contributed by atoms with Crippen LogP contribution in [-0.4, -0.2) is 40.7 Å². The van der Waals surface area contributed by atoms with E-state index in [0.29, 0.717) is 12.6 Å². The van der Waals surface area contributed by atoms with Crippen LogP contribution in [0.3, 0.4) is 0 Å². The molecule has 1 aromatic carbocycles. The summed E-state index contributed by atoms with van der Waals surface area (Å²) in [6, 6.07) is 8.00. The summed E-state index contributed by atoms with van der Waals surface area (Å²) >= 11 is 0. The Bertz CT molecular complexity index is 651. The van der Waals surface area contributed by atoms with E-state index in [0.717, 1.165) is 35.8 Å². The first-order valence-corrected chi connectivity index (χ1v) is 6.77. The molecule has 6 nitrogen and oxygen atoms in total. The molecule has 0 saturated carbocycles. The molecular formula is C14H18N6.